The lowest BCUT2D eigenvalue weighted by molar-refractivity contribution is 0.0673. The molecule has 3 rings (SSSR count). The molecule has 1 aromatic heterocycles. The van der Waals surface area contributed by atoms with Crippen molar-refractivity contribution < 1.29 is 23.4 Å². The number of rotatable bonds is 2. The normalized spacial score (nSPS) is 25.5. The van der Waals surface area contributed by atoms with Gasteiger partial charge in [-0.25, -0.2) is 18.2 Å². The highest BCUT2D eigenvalue weighted by Crippen LogP contribution is 2.35. The zero-order valence-electron chi connectivity index (χ0n) is 11.5. The Morgan fingerprint density at radius 1 is 1.24 bits per heavy atom. The number of aromatic nitrogens is 2. The second-order valence-corrected chi connectivity index (χ2v) is 8.04. The van der Waals surface area contributed by atoms with Crippen molar-refractivity contribution in [1.82, 2.24) is 9.55 Å². The van der Waals surface area contributed by atoms with Crippen LogP contribution in [0.2, 0.25) is 0 Å². The van der Waals surface area contributed by atoms with Crippen LogP contribution >= 0.6 is 0 Å². The zero-order valence-corrected chi connectivity index (χ0v) is 12.3. The lowest BCUT2D eigenvalue weighted by atomic mass is 10.0. The fraction of sp³-hybridized carbons (Fsp3) is 0.692. The smallest absolute Gasteiger partial charge is 0.356 e. The quantitative estimate of drug-likeness (QED) is 0.831. The Hall–Kier alpha value is -1.41. The van der Waals surface area contributed by atoms with Gasteiger partial charge in [0.25, 0.3) is 0 Å². The van der Waals surface area contributed by atoms with Crippen LogP contribution in [0.4, 0.5) is 0 Å². The monoisotopic (exact) mass is 314 g/mol. The molecule has 0 aromatic carbocycles. The summed E-state index contributed by atoms with van der Waals surface area (Å²) in [7, 11) is -2.98. The van der Waals surface area contributed by atoms with Gasteiger partial charge in [0.15, 0.2) is 5.69 Å². The Kier molecular flexibility index (Phi) is 3.53. The van der Waals surface area contributed by atoms with Gasteiger partial charge in [-0.2, -0.15) is 0 Å². The van der Waals surface area contributed by atoms with Gasteiger partial charge in [-0.3, -0.25) is 0 Å². The second-order valence-electron chi connectivity index (χ2n) is 5.74. The van der Waals surface area contributed by atoms with E-state index in [1.807, 2.05) is 0 Å². The third-order valence-electron chi connectivity index (χ3n) is 4.33. The molecule has 21 heavy (non-hydrogen) atoms. The summed E-state index contributed by atoms with van der Waals surface area (Å²) in [6.07, 6.45) is 1.99. The summed E-state index contributed by atoms with van der Waals surface area (Å²) >= 11 is 0. The molecule has 0 saturated carbocycles. The Labute approximate surface area is 122 Å². The molecule has 0 spiro atoms. The van der Waals surface area contributed by atoms with Crippen LogP contribution in [0, 0.1) is 0 Å². The highest BCUT2D eigenvalue weighted by Gasteiger charge is 2.34. The van der Waals surface area contributed by atoms with Gasteiger partial charge in [-0.05, 0) is 32.1 Å². The van der Waals surface area contributed by atoms with Crippen molar-refractivity contribution in [3.63, 3.8) is 0 Å². The number of sulfone groups is 1. The van der Waals surface area contributed by atoms with E-state index in [2.05, 4.69) is 4.98 Å². The highest BCUT2D eigenvalue weighted by molar-refractivity contribution is 7.91. The fourth-order valence-electron chi connectivity index (χ4n) is 3.25. The number of imidazole rings is 1. The first-order valence-corrected chi connectivity index (χ1v) is 8.94. The topological polar surface area (TPSA) is 109 Å². The first-order chi connectivity index (χ1) is 9.89. The summed E-state index contributed by atoms with van der Waals surface area (Å²) in [6.45, 7) is 0. The van der Waals surface area contributed by atoms with Crippen LogP contribution in [0.3, 0.4) is 0 Å². The number of nitrogens with zero attached hydrogens (tertiary/aromatic N) is 2. The number of aliphatic hydroxyl groups is 1. The molecule has 2 aliphatic rings. The van der Waals surface area contributed by atoms with Gasteiger partial charge in [-0.1, -0.05) is 0 Å². The van der Waals surface area contributed by atoms with E-state index >= 15 is 0 Å². The molecule has 0 amide bonds. The number of aliphatic hydroxyl groups excluding tert-OH is 1. The second kappa shape index (κ2) is 5.10. The fourth-order valence-corrected chi connectivity index (χ4v) is 4.74. The molecule has 116 valence electrons. The number of fused-ring (bicyclic) bond motifs is 1. The van der Waals surface area contributed by atoms with Gasteiger partial charge in [0.2, 0.25) is 0 Å². The average molecular weight is 314 g/mol. The van der Waals surface area contributed by atoms with Crippen molar-refractivity contribution in [3.8, 4) is 0 Å². The number of carboxylic acids is 1. The van der Waals surface area contributed by atoms with Crippen LogP contribution in [-0.4, -0.2) is 45.7 Å². The number of aromatic carboxylic acids is 1. The lowest BCUT2D eigenvalue weighted by Gasteiger charge is -2.27. The molecule has 8 heteroatoms. The molecule has 0 aliphatic carbocycles. The van der Waals surface area contributed by atoms with E-state index in [9.17, 15) is 23.4 Å². The molecule has 3 heterocycles. The zero-order chi connectivity index (χ0) is 15.2. The predicted molar refractivity (Wildman–Crippen MR) is 74.0 cm³/mol. The molecule has 1 aromatic rings. The van der Waals surface area contributed by atoms with Crippen LogP contribution < -0.4 is 0 Å². The van der Waals surface area contributed by atoms with Crippen LogP contribution in [0.25, 0.3) is 0 Å². The molecule has 0 bridgehead atoms. The average Bonchev–Trinajstić information content (AvgIpc) is 2.80. The SMILES string of the molecule is O=C(O)c1nc(C2CCS(=O)(=O)CC2)n2c1CCCC2O. The van der Waals surface area contributed by atoms with E-state index in [0.717, 1.165) is 6.42 Å². The van der Waals surface area contributed by atoms with Gasteiger partial charge < -0.3 is 14.8 Å². The van der Waals surface area contributed by atoms with Crippen molar-refractivity contribution >= 4 is 15.8 Å². The molecule has 7 nitrogen and oxygen atoms in total. The van der Waals surface area contributed by atoms with Gasteiger partial charge in [0, 0.05) is 5.92 Å². The molecule has 2 N–H and O–H groups in total. The Morgan fingerprint density at radius 2 is 1.90 bits per heavy atom. The van der Waals surface area contributed by atoms with Crippen LogP contribution in [0.5, 0.6) is 0 Å². The Morgan fingerprint density at radius 3 is 2.52 bits per heavy atom. The van der Waals surface area contributed by atoms with Crippen molar-refractivity contribution in [2.75, 3.05) is 11.5 Å². The van der Waals surface area contributed by atoms with Gasteiger partial charge in [0.05, 0.1) is 17.2 Å². The third kappa shape index (κ3) is 2.57. The number of hydrogen-bond acceptors (Lipinski definition) is 5. The summed E-state index contributed by atoms with van der Waals surface area (Å²) in [5, 5.41) is 19.5. The highest BCUT2D eigenvalue weighted by atomic mass is 32.2. The van der Waals surface area contributed by atoms with E-state index < -0.39 is 22.0 Å². The minimum atomic E-state index is -2.98. The maximum absolute atomic E-state index is 11.5. The van der Waals surface area contributed by atoms with Crippen molar-refractivity contribution in [2.45, 2.75) is 44.2 Å². The number of carbonyl (C=O) groups is 1. The van der Waals surface area contributed by atoms with Gasteiger partial charge in [0.1, 0.15) is 21.9 Å². The maximum atomic E-state index is 11.5. The van der Waals surface area contributed by atoms with E-state index in [1.54, 1.807) is 4.57 Å². The molecule has 1 unspecified atom stereocenters. The molecule has 1 atom stereocenters. The van der Waals surface area contributed by atoms with Crippen molar-refractivity contribution in [2.24, 2.45) is 0 Å². The minimum Gasteiger partial charge on any atom is -0.476 e. The van der Waals surface area contributed by atoms with Crippen LogP contribution in [0.1, 0.15) is 59.8 Å². The van der Waals surface area contributed by atoms with Crippen molar-refractivity contribution in [1.29, 1.82) is 0 Å². The first-order valence-electron chi connectivity index (χ1n) is 7.12. The Balaban J connectivity index is 2.01. The summed E-state index contributed by atoms with van der Waals surface area (Å²) < 4.78 is 24.7. The minimum absolute atomic E-state index is 0.00261. The predicted octanol–water partition coefficient (Wildman–Crippen LogP) is 0.701. The summed E-state index contributed by atoms with van der Waals surface area (Å²) in [5.41, 5.74) is 0.557. The van der Waals surface area contributed by atoms with Crippen LogP contribution in [0.15, 0.2) is 0 Å². The number of hydrogen-bond donors (Lipinski definition) is 2. The lowest BCUT2D eigenvalue weighted by Crippen LogP contribution is -2.26. The maximum Gasteiger partial charge on any atom is 0.356 e. The summed E-state index contributed by atoms with van der Waals surface area (Å²) in [4.78, 5) is 15.5. The molecular formula is C13H18N2O5S. The molecule has 1 saturated heterocycles. The first kappa shape index (κ1) is 14.5. The molecular weight excluding hydrogens is 296 g/mol. The van der Waals surface area contributed by atoms with E-state index in [1.165, 1.54) is 0 Å². The summed E-state index contributed by atoms with van der Waals surface area (Å²) in [5.74, 6) is -0.475. The molecule has 0 radical (unpaired) electrons. The molecule has 2 aliphatic heterocycles. The largest absolute Gasteiger partial charge is 0.476 e. The van der Waals surface area contributed by atoms with E-state index in [0.29, 0.717) is 37.2 Å². The van der Waals surface area contributed by atoms with E-state index in [4.69, 9.17) is 0 Å². The van der Waals surface area contributed by atoms with Crippen LogP contribution in [-0.2, 0) is 16.3 Å². The van der Waals surface area contributed by atoms with Gasteiger partial charge >= 0.3 is 5.97 Å². The van der Waals surface area contributed by atoms with Gasteiger partial charge in [-0.15, -0.1) is 0 Å². The molecule has 1 fully saturated rings. The standard InChI is InChI=1S/C13H18N2O5S/c16-10-3-1-2-9-11(13(17)18)14-12(15(9)10)8-4-6-21(19,20)7-5-8/h8,10,16H,1-7H2,(H,17,18). The van der Waals surface area contributed by atoms with E-state index in [-0.39, 0.29) is 23.1 Å². The summed E-state index contributed by atoms with van der Waals surface area (Å²) in [6, 6.07) is 0. The third-order valence-corrected chi connectivity index (χ3v) is 6.05. The Bertz CT molecular complexity index is 665. The van der Waals surface area contributed by atoms with Crippen molar-refractivity contribution in [3.05, 3.63) is 17.2 Å². The number of carboxylic acid groups (broad SMARTS) is 1.